The standard InChI is InChI=1S/C12H15ClN2OS/c1-7(12(16)15-9-3-4-9)17-11-5-2-8(14)6-10(11)13/h2,5-7,9H,3-4,14H2,1H3,(H,15,16). The molecule has 0 aliphatic heterocycles. The Morgan fingerprint density at radius 3 is 2.88 bits per heavy atom. The van der Waals surface area contributed by atoms with Crippen LogP contribution in [0.15, 0.2) is 23.1 Å². The molecular formula is C12H15ClN2OS. The van der Waals surface area contributed by atoms with Gasteiger partial charge >= 0.3 is 0 Å². The number of rotatable bonds is 4. The minimum atomic E-state index is -0.142. The highest BCUT2D eigenvalue weighted by Crippen LogP contribution is 2.32. The molecular weight excluding hydrogens is 256 g/mol. The van der Waals surface area contributed by atoms with Crippen molar-refractivity contribution in [2.75, 3.05) is 5.73 Å². The zero-order chi connectivity index (χ0) is 12.4. The first-order valence-corrected chi connectivity index (χ1v) is 6.84. The summed E-state index contributed by atoms with van der Waals surface area (Å²) in [6, 6.07) is 5.74. The van der Waals surface area contributed by atoms with Crippen molar-refractivity contribution in [3.05, 3.63) is 23.2 Å². The maximum absolute atomic E-state index is 11.8. The average molecular weight is 271 g/mol. The molecule has 1 aliphatic carbocycles. The number of halogens is 1. The molecule has 1 atom stereocenters. The Bertz CT molecular complexity index is 435. The van der Waals surface area contributed by atoms with Crippen LogP contribution in [0.5, 0.6) is 0 Å². The fourth-order valence-electron chi connectivity index (χ4n) is 1.40. The van der Waals surface area contributed by atoms with Crippen molar-refractivity contribution >= 4 is 35.0 Å². The molecule has 1 aliphatic rings. The Morgan fingerprint density at radius 2 is 2.29 bits per heavy atom. The van der Waals surface area contributed by atoms with E-state index in [4.69, 9.17) is 17.3 Å². The van der Waals surface area contributed by atoms with E-state index in [-0.39, 0.29) is 11.2 Å². The SMILES string of the molecule is CC(Sc1ccc(N)cc1Cl)C(=O)NC1CC1. The molecule has 0 saturated heterocycles. The second kappa shape index (κ2) is 5.19. The molecule has 17 heavy (non-hydrogen) atoms. The molecule has 1 aromatic rings. The van der Waals surface area contributed by atoms with Crippen LogP contribution in [-0.4, -0.2) is 17.2 Å². The fraction of sp³-hybridized carbons (Fsp3) is 0.417. The molecule has 1 amide bonds. The first-order chi connectivity index (χ1) is 8.06. The van der Waals surface area contributed by atoms with Gasteiger partial charge in [-0.15, -0.1) is 11.8 Å². The lowest BCUT2D eigenvalue weighted by Gasteiger charge is -2.12. The molecule has 0 bridgehead atoms. The highest BCUT2D eigenvalue weighted by Gasteiger charge is 2.26. The van der Waals surface area contributed by atoms with Gasteiger partial charge in [0.1, 0.15) is 0 Å². The topological polar surface area (TPSA) is 55.1 Å². The van der Waals surface area contributed by atoms with E-state index in [2.05, 4.69) is 5.32 Å². The molecule has 1 aromatic carbocycles. The number of nitrogens with two attached hydrogens (primary N) is 1. The number of thioether (sulfide) groups is 1. The molecule has 0 aromatic heterocycles. The van der Waals surface area contributed by atoms with E-state index in [9.17, 15) is 4.79 Å². The molecule has 0 spiro atoms. The van der Waals surface area contributed by atoms with Gasteiger partial charge in [-0.1, -0.05) is 11.6 Å². The molecule has 2 rings (SSSR count). The van der Waals surface area contributed by atoms with Crippen molar-refractivity contribution in [1.29, 1.82) is 0 Å². The van der Waals surface area contributed by atoms with E-state index in [0.29, 0.717) is 16.8 Å². The molecule has 3 N–H and O–H groups in total. The zero-order valence-electron chi connectivity index (χ0n) is 9.57. The van der Waals surface area contributed by atoms with Crippen molar-refractivity contribution in [1.82, 2.24) is 5.32 Å². The summed E-state index contributed by atoms with van der Waals surface area (Å²) < 4.78 is 0. The third-order valence-electron chi connectivity index (χ3n) is 2.55. The van der Waals surface area contributed by atoms with Crippen LogP contribution in [0, 0.1) is 0 Å². The Balaban J connectivity index is 1.96. The van der Waals surface area contributed by atoms with Gasteiger partial charge in [-0.3, -0.25) is 4.79 Å². The summed E-state index contributed by atoms with van der Waals surface area (Å²) in [7, 11) is 0. The van der Waals surface area contributed by atoms with E-state index >= 15 is 0 Å². The Hall–Kier alpha value is -0.870. The lowest BCUT2D eigenvalue weighted by atomic mass is 10.3. The summed E-state index contributed by atoms with van der Waals surface area (Å²) in [5.74, 6) is 0.0744. The highest BCUT2D eigenvalue weighted by atomic mass is 35.5. The number of benzene rings is 1. The Morgan fingerprint density at radius 1 is 1.59 bits per heavy atom. The zero-order valence-corrected chi connectivity index (χ0v) is 11.1. The van der Waals surface area contributed by atoms with E-state index in [1.54, 1.807) is 12.1 Å². The Kier molecular flexibility index (Phi) is 3.84. The maximum Gasteiger partial charge on any atom is 0.233 e. The van der Waals surface area contributed by atoms with Crippen LogP contribution < -0.4 is 11.1 Å². The van der Waals surface area contributed by atoms with E-state index in [1.165, 1.54) is 11.8 Å². The summed E-state index contributed by atoms with van der Waals surface area (Å²) in [6.07, 6.45) is 2.21. The smallest absolute Gasteiger partial charge is 0.233 e. The van der Waals surface area contributed by atoms with Crippen LogP contribution in [0.1, 0.15) is 19.8 Å². The van der Waals surface area contributed by atoms with Crippen LogP contribution in [0.2, 0.25) is 5.02 Å². The number of carbonyl (C=O) groups excluding carboxylic acids is 1. The Labute approximate surface area is 110 Å². The molecule has 92 valence electrons. The number of nitrogens with one attached hydrogen (secondary N) is 1. The second-order valence-corrected chi connectivity index (χ2v) is 6.02. The van der Waals surface area contributed by atoms with E-state index in [1.807, 2.05) is 13.0 Å². The predicted molar refractivity (Wildman–Crippen MR) is 72.3 cm³/mol. The van der Waals surface area contributed by atoms with Crippen molar-refractivity contribution in [2.45, 2.75) is 36.0 Å². The third kappa shape index (κ3) is 3.54. The van der Waals surface area contributed by atoms with Gasteiger partial charge in [0.25, 0.3) is 0 Å². The van der Waals surface area contributed by atoms with Gasteiger partial charge < -0.3 is 11.1 Å². The number of amides is 1. The number of carbonyl (C=O) groups is 1. The molecule has 0 radical (unpaired) electrons. The second-order valence-electron chi connectivity index (χ2n) is 4.23. The summed E-state index contributed by atoms with van der Waals surface area (Å²) in [5, 5.41) is 3.43. The molecule has 5 heteroatoms. The molecule has 1 saturated carbocycles. The largest absolute Gasteiger partial charge is 0.399 e. The highest BCUT2D eigenvalue weighted by molar-refractivity contribution is 8.00. The van der Waals surface area contributed by atoms with Gasteiger partial charge in [0, 0.05) is 16.6 Å². The predicted octanol–water partition coefficient (Wildman–Crippen LogP) is 2.68. The number of nitrogen functional groups attached to an aromatic ring is 1. The first kappa shape index (κ1) is 12.6. The first-order valence-electron chi connectivity index (χ1n) is 5.58. The number of hydrogen-bond donors (Lipinski definition) is 2. The van der Waals surface area contributed by atoms with Crippen molar-refractivity contribution < 1.29 is 4.79 Å². The minimum absolute atomic E-state index is 0.0744. The summed E-state index contributed by atoms with van der Waals surface area (Å²) >= 11 is 7.52. The van der Waals surface area contributed by atoms with Crippen molar-refractivity contribution in [2.24, 2.45) is 0 Å². The average Bonchev–Trinajstić information content (AvgIpc) is 3.06. The number of anilines is 1. The summed E-state index contributed by atoms with van der Waals surface area (Å²) in [6.45, 7) is 1.88. The molecule has 1 fully saturated rings. The van der Waals surface area contributed by atoms with E-state index in [0.717, 1.165) is 17.7 Å². The van der Waals surface area contributed by atoms with E-state index < -0.39 is 0 Å². The van der Waals surface area contributed by atoms with Gasteiger partial charge in [0.05, 0.1) is 10.3 Å². The van der Waals surface area contributed by atoms with Gasteiger partial charge in [0.15, 0.2) is 0 Å². The minimum Gasteiger partial charge on any atom is -0.399 e. The lowest BCUT2D eigenvalue weighted by molar-refractivity contribution is -0.120. The third-order valence-corrected chi connectivity index (χ3v) is 4.15. The molecule has 0 heterocycles. The van der Waals surface area contributed by atoms with Gasteiger partial charge in [0.2, 0.25) is 5.91 Å². The summed E-state index contributed by atoms with van der Waals surface area (Å²) in [5.41, 5.74) is 6.25. The van der Waals surface area contributed by atoms with Crippen LogP contribution in [0.4, 0.5) is 5.69 Å². The lowest BCUT2D eigenvalue weighted by Crippen LogP contribution is -2.32. The van der Waals surface area contributed by atoms with Gasteiger partial charge in [-0.2, -0.15) is 0 Å². The van der Waals surface area contributed by atoms with Gasteiger partial charge in [-0.05, 0) is 38.0 Å². The fourth-order valence-corrected chi connectivity index (χ4v) is 2.60. The monoisotopic (exact) mass is 270 g/mol. The quantitative estimate of drug-likeness (QED) is 0.653. The summed E-state index contributed by atoms with van der Waals surface area (Å²) in [4.78, 5) is 12.7. The van der Waals surface area contributed by atoms with Crippen LogP contribution in [0.25, 0.3) is 0 Å². The van der Waals surface area contributed by atoms with Crippen molar-refractivity contribution in [3.63, 3.8) is 0 Å². The molecule has 3 nitrogen and oxygen atoms in total. The van der Waals surface area contributed by atoms with Crippen LogP contribution in [-0.2, 0) is 4.79 Å². The normalized spacial score (nSPS) is 16.6. The molecule has 1 unspecified atom stereocenters. The number of hydrogen-bond acceptors (Lipinski definition) is 3. The van der Waals surface area contributed by atoms with Crippen LogP contribution in [0.3, 0.4) is 0 Å². The van der Waals surface area contributed by atoms with Crippen molar-refractivity contribution in [3.8, 4) is 0 Å². The maximum atomic E-state index is 11.8. The van der Waals surface area contributed by atoms with Crippen LogP contribution >= 0.6 is 23.4 Å². The van der Waals surface area contributed by atoms with Gasteiger partial charge in [-0.25, -0.2) is 0 Å².